The molecule has 0 spiro atoms. The van der Waals surface area contributed by atoms with Crippen LogP contribution in [-0.4, -0.2) is 54.9 Å². The van der Waals surface area contributed by atoms with Crippen LogP contribution in [0.2, 0.25) is 0 Å². The van der Waals surface area contributed by atoms with Gasteiger partial charge in [-0.05, 0) is 6.42 Å². The lowest BCUT2D eigenvalue weighted by molar-refractivity contribution is -0.135. The lowest BCUT2D eigenvalue weighted by Crippen LogP contribution is -2.53. The summed E-state index contributed by atoms with van der Waals surface area (Å²) < 4.78 is 24.2. The van der Waals surface area contributed by atoms with Gasteiger partial charge in [-0.3, -0.25) is 4.79 Å². The minimum absolute atomic E-state index is 0.0725. The van der Waals surface area contributed by atoms with Crippen LogP contribution in [0, 0.1) is 5.92 Å². The Morgan fingerprint density at radius 1 is 1.47 bits per heavy atom. The first kappa shape index (κ1) is 16.8. The third-order valence-corrected chi connectivity index (χ3v) is 6.74. The minimum atomic E-state index is -3.23. The molecule has 1 rings (SSSR count). The van der Waals surface area contributed by atoms with E-state index in [1.165, 1.54) is 0 Å². The Morgan fingerprint density at radius 2 is 2.16 bits per heavy atom. The van der Waals surface area contributed by atoms with Gasteiger partial charge in [-0.2, -0.15) is 11.8 Å². The van der Waals surface area contributed by atoms with E-state index in [0.29, 0.717) is 12.3 Å². The van der Waals surface area contributed by atoms with E-state index in [1.807, 2.05) is 6.92 Å². The molecule has 0 bridgehead atoms. The first-order chi connectivity index (χ1) is 8.97. The van der Waals surface area contributed by atoms with Gasteiger partial charge in [0.1, 0.15) is 5.37 Å². The fourth-order valence-electron chi connectivity index (χ4n) is 2.25. The molecule has 0 aromatic carbocycles. The second-order valence-corrected chi connectivity index (χ2v) is 8.33. The van der Waals surface area contributed by atoms with Crippen molar-refractivity contribution in [2.45, 2.75) is 32.1 Å². The van der Waals surface area contributed by atoms with Crippen LogP contribution in [0.5, 0.6) is 0 Å². The number of sulfone groups is 1. The predicted octanol–water partition coefficient (Wildman–Crippen LogP) is 0.698. The highest BCUT2D eigenvalue weighted by Crippen LogP contribution is 2.24. The Morgan fingerprint density at radius 3 is 2.68 bits per heavy atom. The van der Waals surface area contributed by atoms with Crippen LogP contribution in [0.15, 0.2) is 0 Å². The number of carbonyl (C=O) groups excluding carboxylic acids is 1. The van der Waals surface area contributed by atoms with Crippen molar-refractivity contribution >= 4 is 27.5 Å². The van der Waals surface area contributed by atoms with Crippen LogP contribution < -0.4 is 5.73 Å². The standard InChI is InChI=1S/C12H24N2O3S2/c1-3-5-10(8-13)12(15)14-6-7-18-9-11(14)19(16,17)4-2/h10-11H,3-9,13H2,1-2H3. The fraction of sp³-hybridized carbons (Fsp3) is 0.917. The van der Waals surface area contributed by atoms with Crippen LogP contribution in [0.1, 0.15) is 26.7 Å². The van der Waals surface area contributed by atoms with E-state index in [0.717, 1.165) is 18.6 Å². The molecule has 1 amide bonds. The van der Waals surface area contributed by atoms with E-state index in [1.54, 1.807) is 23.6 Å². The normalized spacial score (nSPS) is 22.3. The van der Waals surface area contributed by atoms with Crippen molar-refractivity contribution in [3.8, 4) is 0 Å². The van der Waals surface area contributed by atoms with E-state index in [4.69, 9.17) is 5.73 Å². The Labute approximate surface area is 120 Å². The summed E-state index contributed by atoms with van der Waals surface area (Å²) in [5.41, 5.74) is 5.65. The maximum absolute atomic E-state index is 12.5. The van der Waals surface area contributed by atoms with Crippen LogP contribution in [0.25, 0.3) is 0 Å². The number of rotatable bonds is 6. The number of amides is 1. The molecular weight excluding hydrogens is 284 g/mol. The second-order valence-electron chi connectivity index (χ2n) is 4.73. The molecule has 0 aromatic rings. The molecule has 0 radical (unpaired) electrons. The highest BCUT2D eigenvalue weighted by molar-refractivity contribution is 8.01. The van der Waals surface area contributed by atoms with Crippen LogP contribution in [0.3, 0.4) is 0 Å². The summed E-state index contributed by atoms with van der Waals surface area (Å²) in [4.78, 5) is 14.0. The molecular formula is C12H24N2O3S2. The second kappa shape index (κ2) is 7.50. The summed E-state index contributed by atoms with van der Waals surface area (Å²) >= 11 is 1.59. The Kier molecular flexibility index (Phi) is 6.62. The summed E-state index contributed by atoms with van der Waals surface area (Å²) in [6, 6.07) is 0. The molecule has 0 saturated carbocycles. The monoisotopic (exact) mass is 308 g/mol. The van der Waals surface area contributed by atoms with Crippen LogP contribution >= 0.6 is 11.8 Å². The highest BCUT2D eigenvalue weighted by Gasteiger charge is 2.37. The summed E-state index contributed by atoms with van der Waals surface area (Å²) in [6.45, 7) is 4.43. The molecule has 1 heterocycles. The summed E-state index contributed by atoms with van der Waals surface area (Å²) in [5, 5.41) is -0.672. The number of nitrogens with zero attached hydrogens (tertiary/aromatic N) is 1. The number of thioether (sulfide) groups is 1. The molecule has 5 nitrogen and oxygen atoms in total. The Bertz CT molecular complexity index is 398. The smallest absolute Gasteiger partial charge is 0.228 e. The molecule has 19 heavy (non-hydrogen) atoms. The minimum Gasteiger partial charge on any atom is -0.330 e. The first-order valence-corrected chi connectivity index (χ1v) is 9.64. The molecule has 1 aliphatic heterocycles. The predicted molar refractivity (Wildman–Crippen MR) is 79.7 cm³/mol. The molecule has 1 saturated heterocycles. The summed E-state index contributed by atoms with van der Waals surface area (Å²) in [5.74, 6) is 1.01. The third-order valence-electron chi connectivity index (χ3n) is 3.46. The van der Waals surface area contributed by atoms with E-state index < -0.39 is 15.2 Å². The van der Waals surface area contributed by atoms with Crippen molar-refractivity contribution < 1.29 is 13.2 Å². The lowest BCUT2D eigenvalue weighted by Gasteiger charge is -2.36. The van der Waals surface area contributed by atoms with Crippen molar-refractivity contribution in [3.63, 3.8) is 0 Å². The maximum atomic E-state index is 12.5. The van der Waals surface area contributed by atoms with E-state index in [-0.39, 0.29) is 24.1 Å². The fourth-order valence-corrected chi connectivity index (χ4v) is 5.22. The zero-order valence-corrected chi connectivity index (χ0v) is 13.3. The van der Waals surface area contributed by atoms with Gasteiger partial charge in [0.2, 0.25) is 5.91 Å². The van der Waals surface area contributed by atoms with Crippen LogP contribution in [-0.2, 0) is 14.6 Å². The van der Waals surface area contributed by atoms with Gasteiger partial charge in [-0.25, -0.2) is 8.42 Å². The van der Waals surface area contributed by atoms with Gasteiger partial charge in [0.15, 0.2) is 9.84 Å². The summed E-state index contributed by atoms with van der Waals surface area (Å²) in [7, 11) is -3.23. The van der Waals surface area contributed by atoms with E-state index in [2.05, 4.69) is 0 Å². The molecule has 1 fully saturated rings. The van der Waals surface area contributed by atoms with Crippen LogP contribution in [0.4, 0.5) is 0 Å². The van der Waals surface area contributed by atoms with E-state index >= 15 is 0 Å². The molecule has 0 aliphatic carbocycles. The topological polar surface area (TPSA) is 80.5 Å². The van der Waals surface area contributed by atoms with Crippen molar-refractivity contribution in [1.82, 2.24) is 4.90 Å². The average molecular weight is 308 g/mol. The van der Waals surface area contributed by atoms with Gasteiger partial charge < -0.3 is 10.6 Å². The zero-order valence-electron chi connectivity index (χ0n) is 11.7. The molecule has 2 N–H and O–H groups in total. The molecule has 0 aromatic heterocycles. The molecule has 7 heteroatoms. The largest absolute Gasteiger partial charge is 0.330 e. The maximum Gasteiger partial charge on any atom is 0.228 e. The molecule has 112 valence electrons. The Balaban J connectivity index is 2.90. The number of nitrogens with two attached hydrogens (primary N) is 1. The van der Waals surface area contributed by atoms with Crippen molar-refractivity contribution in [1.29, 1.82) is 0 Å². The quantitative estimate of drug-likeness (QED) is 0.781. The van der Waals surface area contributed by atoms with E-state index in [9.17, 15) is 13.2 Å². The average Bonchev–Trinajstić information content (AvgIpc) is 2.44. The van der Waals surface area contributed by atoms with Gasteiger partial charge in [-0.15, -0.1) is 0 Å². The van der Waals surface area contributed by atoms with Gasteiger partial charge in [0.05, 0.1) is 5.92 Å². The molecule has 2 unspecified atom stereocenters. The number of carbonyl (C=O) groups is 1. The molecule has 1 aliphatic rings. The van der Waals surface area contributed by atoms with Gasteiger partial charge in [-0.1, -0.05) is 20.3 Å². The summed E-state index contributed by atoms with van der Waals surface area (Å²) in [6.07, 6.45) is 1.60. The van der Waals surface area contributed by atoms with Gasteiger partial charge in [0.25, 0.3) is 0 Å². The Hall–Kier alpha value is -0.270. The van der Waals surface area contributed by atoms with Crippen molar-refractivity contribution in [3.05, 3.63) is 0 Å². The van der Waals surface area contributed by atoms with Gasteiger partial charge >= 0.3 is 0 Å². The number of hydrogen-bond acceptors (Lipinski definition) is 5. The molecule has 2 atom stereocenters. The highest BCUT2D eigenvalue weighted by atomic mass is 32.2. The third kappa shape index (κ3) is 4.10. The SMILES string of the molecule is CCCC(CN)C(=O)N1CCSCC1S(=O)(=O)CC. The lowest BCUT2D eigenvalue weighted by atomic mass is 10.0. The number of hydrogen-bond donors (Lipinski definition) is 1. The first-order valence-electron chi connectivity index (χ1n) is 6.77. The van der Waals surface area contributed by atoms with Crippen molar-refractivity contribution in [2.24, 2.45) is 11.7 Å². The zero-order chi connectivity index (χ0) is 14.5. The van der Waals surface area contributed by atoms with Crippen molar-refractivity contribution in [2.75, 3.05) is 30.3 Å². The van der Waals surface area contributed by atoms with Gasteiger partial charge in [0, 0.05) is 30.3 Å².